The van der Waals surface area contributed by atoms with Crippen LogP contribution in [-0.2, 0) is 0 Å². The lowest BCUT2D eigenvalue weighted by Gasteiger charge is -2.14. The average Bonchev–Trinajstić information content (AvgIpc) is 3.21. The number of hydrogen-bond donors (Lipinski definition) is 1. The van der Waals surface area contributed by atoms with Gasteiger partial charge in [-0.25, -0.2) is 4.98 Å². The van der Waals surface area contributed by atoms with Crippen LogP contribution in [0.3, 0.4) is 0 Å². The van der Waals surface area contributed by atoms with Gasteiger partial charge in [-0.15, -0.1) is 0 Å². The van der Waals surface area contributed by atoms with E-state index in [0.29, 0.717) is 5.92 Å². The van der Waals surface area contributed by atoms with Crippen LogP contribution in [-0.4, -0.2) is 9.97 Å². The van der Waals surface area contributed by atoms with Gasteiger partial charge in [0, 0.05) is 17.0 Å². The number of hydrogen-bond acceptors (Lipinski definition) is 2. The molecule has 0 unspecified atom stereocenters. The quantitative estimate of drug-likeness (QED) is 0.793. The highest BCUT2D eigenvalue weighted by Gasteiger charge is 2.27. The smallest absolute Gasteiger partial charge is 0.133 e. The van der Waals surface area contributed by atoms with Crippen molar-refractivity contribution >= 4 is 12.2 Å². The second-order valence-corrected chi connectivity index (χ2v) is 6.34. The molecule has 1 saturated carbocycles. The molecule has 1 heterocycles. The van der Waals surface area contributed by atoms with Crippen molar-refractivity contribution in [3.05, 3.63) is 44.9 Å². The van der Waals surface area contributed by atoms with Crippen LogP contribution in [0.2, 0.25) is 0 Å². The summed E-state index contributed by atoms with van der Waals surface area (Å²) in [7, 11) is 0. The van der Waals surface area contributed by atoms with E-state index in [1.54, 1.807) is 0 Å². The summed E-state index contributed by atoms with van der Waals surface area (Å²) in [5, 5.41) is 0. The molecule has 0 bridgehead atoms. The molecular formula is C17H20N2S. The molecule has 20 heavy (non-hydrogen) atoms. The van der Waals surface area contributed by atoms with Crippen LogP contribution in [0.4, 0.5) is 0 Å². The van der Waals surface area contributed by atoms with Gasteiger partial charge in [-0.3, -0.25) is 0 Å². The monoisotopic (exact) mass is 284 g/mol. The SMILES string of the molecule is Cc1cc(C)c(-c2[nH]c(C3CC3)nc(=S)c2C)cc1C. The molecule has 104 valence electrons. The van der Waals surface area contributed by atoms with Gasteiger partial charge in [0.1, 0.15) is 10.5 Å². The molecule has 1 N–H and O–H groups in total. The van der Waals surface area contributed by atoms with Gasteiger partial charge in [-0.2, -0.15) is 0 Å². The number of aromatic nitrogens is 2. The third kappa shape index (κ3) is 2.31. The van der Waals surface area contributed by atoms with Crippen LogP contribution < -0.4 is 0 Å². The first-order chi connectivity index (χ1) is 9.47. The minimum Gasteiger partial charge on any atom is -0.343 e. The van der Waals surface area contributed by atoms with E-state index in [1.165, 1.54) is 35.1 Å². The van der Waals surface area contributed by atoms with E-state index in [0.717, 1.165) is 21.7 Å². The Balaban J connectivity index is 2.23. The van der Waals surface area contributed by atoms with Gasteiger partial charge in [-0.1, -0.05) is 18.3 Å². The number of nitrogens with zero attached hydrogens (tertiary/aromatic N) is 1. The van der Waals surface area contributed by atoms with Crippen molar-refractivity contribution in [2.75, 3.05) is 0 Å². The lowest BCUT2D eigenvalue weighted by molar-refractivity contribution is 0.913. The maximum absolute atomic E-state index is 5.45. The van der Waals surface area contributed by atoms with Crippen molar-refractivity contribution in [1.82, 2.24) is 9.97 Å². The Kier molecular flexibility index (Phi) is 3.25. The first kappa shape index (κ1) is 13.5. The van der Waals surface area contributed by atoms with E-state index in [2.05, 4.69) is 49.8 Å². The Labute approximate surface area is 125 Å². The van der Waals surface area contributed by atoms with Crippen molar-refractivity contribution in [2.24, 2.45) is 0 Å². The molecule has 0 atom stereocenters. The Hall–Kier alpha value is -1.48. The van der Waals surface area contributed by atoms with E-state index in [1.807, 2.05) is 0 Å². The number of benzene rings is 1. The zero-order valence-corrected chi connectivity index (χ0v) is 13.3. The lowest BCUT2D eigenvalue weighted by Crippen LogP contribution is -2.01. The molecule has 1 aliphatic rings. The standard InChI is InChI=1S/C17H20N2S/c1-9-7-11(3)14(8-10(9)2)15-12(4)17(20)19-16(18-15)13-5-6-13/h7-8,13H,5-6H2,1-4H3,(H,18,19,20). The van der Waals surface area contributed by atoms with Gasteiger partial charge in [0.15, 0.2) is 0 Å². The maximum atomic E-state index is 5.45. The van der Waals surface area contributed by atoms with Crippen LogP contribution in [0.1, 0.15) is 46.8 Å². The van der Waals surface area contributed by atoms with Gasteiger partial charge in [-0.05, 0) is 63.3 Å². The van der Waals surface area contributed by atoms with Crippen LogP contribution in [0.5, 0.6) is 0 Å². The molecular weight excluding hydrogens is 264 g/mol. The fourth-order valence-electron chi connectivity index (χ4n) is 2.60. The summed E-state index contributed by atoms with van der Waals surface area (Å²) in [6, 6.07) is 4.51. The van der Waals surface area contributed by atoms with Crippen LogP contribution in [0.15, 0.2) is 12.1 Å². The van der Waals surface area contributed by atoms with E-state index in [9.17, 15) is 0 Å². The summed E-state index contributed by atoms with van der Waals surface area (Å²) in [6.07, 6.45) is 2.46. The lowest BCUT2D eigenvalue weighted by atomic mass is 9.97. The second kappa shape index (κ2) is 4.81. The highest BCUT2D eigenvalue weighted by molar-refractivity contribution is 7.71. The van der Waals surface area contributed by atoms with E-state index in [4.69, 9.17) is 12.2 Å². The summed E-state index contributed by atoms with van der Waals surface area (Å²) >= 11 is 5.45. The molecule has 0 amide bonds. The predicted octanol–water partition coefficient (Wildman–Crippen LogP) is 4.92. The Morgan fingerprint density at radius 2 is 1.70 bits per heavy atom. The molecule has 0 radical (unpaired) electrons. The van der Waals surface area contributed by atoms with Gasteiger partial charge in [0.2, 0.25) is 0 Å². The number of aromatic amines is 1. The molecule has 1 aliphatic carbocycles. The first-order valence-corrected chi connectivity index (χ1v) is 7.57. The summed E-state index contributed by atoms with van der Waals surface area (Å²) in [4.78, 5) is 8.09. The van der Waals surface area contributed by atoms with Gasteiger partial charge in [0.05, 0.1) is 5.69 Å². The number of H-pyrrole nitrogens is 1. The third-order valence-corrected chi connectivity index (χ3v) is 4.64. The van der Waals surface area contributed by atoms with Crippen molar-refractivity contribution in [1.29, 1.82) is 0 Å². The number of nitrogens with one attached hydrogen (secondary N) is 1. The van der Waals surface area contributed by atoms with Gasteiger partial charge in [0.25, 0.3) is 0 Å². The maximum Gasteiger partial charge on any atom is 0.133 e. The number of aryl methyl sites for hydroxylation is 3. The fraction of sp³-hybridized carbons (Fsp3) is 0.412. The summed E-state index contributed by atoms with van der Waals surface area (Å²) in [6.45, 7) is 8.54. The average molecular weight is 284 g/mol. The Bertz CT molecular complexity index is 739. The molecule has 1 aromatic heterocycles. The molecule has 0 aliphatic heterocycles. The number of rotatable bonds is 2. The Morgan fingerprint density at radius 1 is 1.05 bits per heavy atom. The van der Waals surface area contributed by atoms with Crippen molar-refractivity contribution in [3.8, 4) is 11.3 Å². The van der Waals surface area contributed by atoms with Crippen LogP contribution in [0, 0.1) is 32.3 Å². The zero-order valence-electron chi connectivity index (χ0n) is 12.5. The molecule has 0 saturated heterocycles. The van der Waals surface area contributed by atoms with Crippen molar-refractivity contribution < 1.29 is 0 Å². The molecule has 2 aromatic rings. The highest BCUT2D eigenvalue weighted by Crippen LogP contribution is 2.39. The second-order valence-electron chi connectivity index (χ2n) is 5.95. The fourth-order valence-corrected chi connectivity index (χ4v) is 2.80. The molecule has 3 rings (SSSR count). The third-order valence-electron chi connectivity index (χ3n) is 4.24. The van der Waals surface area contributed by atoms with E-state index < -0.39 is 0 Å². The molecule has 0 spiro atoms. The Morgan fingerprint density at radius 3 is 2.35 bits per heavy atom. The van der Waals surface area contributed by atoms with Crippen LogP contribution >= 0.6 is 12.2 Å². The van der Waals surface area contributed by atoms with E-state index >= 15 is 0 Å². The molecule has 1 fully saturated rings. The topological polar surface area (TPSA) is 28.7 Å². The van der Waals surface area contributed by atoms with Crippen molar-refractivity contribution in [2.45, 2.75) is 46.5 Å². The summed E-state index contributed by atoms with van der Waals surface area (Å²) < 4.78 is 0.735. The minimum atomic E-state index is 0.586. The zero-order chi connectivity index (χ0) is 14.4. The normalized spacial score (nSPS) is 14.6. The van der Waals surface area contributed by atoms with Crippen molar-refractivity contribution in [3.63, 3.8) is 0 Å². The molecule has 1 aromatic carbocycles. The molecule has 3 heteroatoms. The minimum absolute atomic E-state index is 0.586. The van der Waals surface area contributed by atoms with Gasteiger partial charge >= 0.3 is 0 Å². The largest absolute Gasteiger partial charge is 0.343 e. The van der Waals surface area contributed by atoms with Crippen LogP contribution in [0.25, 0.3) is 11.3 Å². The molecule has 2 nitrogen and oxygen atoms in total. The highest BCUT2D eigenvalue weighted by atomic mass is 32.1. The predicted molar refractivity (Wildman–Crippen MR) is 85.8 cm³/mol. The van der Waals surface area contributed by atoms with Gasteiger partial charge < -0.3 is 4.98 Å². The summed E-state index contributed by atoms with van der Waals surface area (Å²) in [5.74, 6) is 1.65. The summed E-state index contributed by atoms with van der Waals surface area (Å²) in [5.41, 5.74) is 7.41. The van der Waals surface area contributed by atoms with E-state index in [-0.39, 0.29) is 0 Å². The first-order valence-electron chi connectivity index (χ1n) is 7.16.